The van der Waals surface area contributed by atoms with Crippen molar-refractivity contribution >= 4 is 17.4 Å². The molecule has 1 aliphatic carbocycles. The highest BCUT2D eigenvalue weighted by Gasteiger charge is 2.43. The zero-order chi connectivity index (χ0) is 14.8. The number of carbonyl (C=O) groups excluding carboxylic acids is 1. The molecule has 1 fully saturated rings. The third-order valence-electron chi connectivity index (χ3n) is 3.56. The highest BCUT2D eigenvalue weighted by atomic mass is 16.6. The lowest BCUT2D eigenvalue weighted by molar-refractivity contribution is -0.385. The van der Waals surface area contributed by atoms with Crippen molar-refractivity contribution in [1.29, 1.82) is 0 Å². The highest BCUT2D eigenvalue weighted by Crippen LogP contribution is 2.47. The molecule has 1 aliphatic rings. The van der Waals surface area contributed by atoms with E-state index in [2.05, 4.69) is 10.3 Å². The van der Waals surface area contributed by atoms with Crippen molar-refractivity contribution in [3.05, 3.63) is 64.3 Å². The summed E-state index contributed by atoms with van der Waals surface area (Å²) in [6, 6.07) is 12.7. The van der Waals surface area contributed by atoms with Gasteiger partial charge >= 0.3 is 0 Å². The van der Waals surface area contributed by atoms with Crippen molar-refractivity contribution in [1.82, 2.24) is 4.98 Å². The van der Waals surface area contributed by atoms with Crippen LogP contribution in [0.25, 0.3) is 0 Å². The Bertz CT molecular complexity index is 670. The van der Waals surface area contributed by atoms with E-state index >= 15 is 0 Å². The zero-order valence-electron chi connectivity index (χ0n) is 11.1. The quantitative estimate of drug-likeness (QED) is 0.690. The Balaban J connectivity index is 1.62. The molecule has 6 heteroatoms. The molecular formula is C15H13N3O3. The fraction of sp³-hybridized carbons (Fsp3) is 0.200. The molecule has 6 nitrogen and oxygen atoms in total. The number of pyridine rings is 1. The van der Waals surface area contributed by atoms with Crippen LogP contribution in [0.15, 0.2) is 48.7 Å². The molecule has 1 aromatic carbocycles. The molecule has 2 atom stereocenters. The summed E-state index contributed by atoms with van der Waals surface area (Å²) in [6.07, 6.45) is 1.96. The summed E-state index contributed by atoms with van der Waals surface area (Å²) in [5.41, 5.74) is 1.07. The summed E-state index contributed by atoms with van der Waals surface area (Å²) in [6.45, 7) is 0. The number of nitrogens with zero attached hydrogens (tertiary/aromatic N) is 2. The monoisotopic (exact) mass is 283 g/mol. The molecule has 0 radical (unpaired) electrons. The smallest absolute Gasteiger partial charge is 0.287 e. The number of hydrogen-bond donors (Lipinski definition) is 1. The second-order valence-corrected chi connectivity index (χ2v) is 5.01. The summed E-state index contributed by atoms with van der Waals surface area (Å²) < 4.78 is 0. The Labute approximate surface area is 121 Å². The Morgan fingerprint density at radius 3 is 2.62 bits per heavy atom. The topological polar surface area (TPSA) is 85.1 Å². The van der Waals surface area contributed by atoms with Crippen molar-refractivity contribution in [3.63, 3.8) is 0 Å². The maximum Gasteiger partial charge on any atom is 0.287 e. The van der Waals surface area contributed by atoms with Crippen molar-refractivity contribution < 1.29 is 9.72 Å². The van der Waals surface area contributed by atoms with Crippen LogP contribution in [0.2, 0.25) is 0 Å². The molecule has 21 heavy (non-hydrogen) atoms. The molecule has 1 amide bonds. The highest BCUT2D eigenvalue weighted by molar-refractivity contribution is 5.94. The van der Waals surface area contributed by atoms with Crippen LogP contribution >= 0.6 is 0 Å². The van der Waals surface area contributed by atoms with E-state index in [-0.39, 0.29) is 23.4 Å². The molecular weight excluding hydrogens is 270 g/mol. The molecule has 0 unspecified atom stereocenters. The number of benzene rings is 1. The molecule has 0 spiro atoms. The summed E-state index contributed by atoms with van der Waals surface area (Å²) in [7, 11) is 0. The molecule has 0 saturated heterocycles. The van der Waals surface area contributed by atoms with E-state index in [1.807, 2.05) is 30.3 Å². The van der Waals surface area contributed by atoms with Crippen LogP contribution in [0, 0.1) is 16.0 Å². The third kappa shape index (κ3) is 2.89. The van der Waals surface area contributed by atoms with Crippen LogP contribution in [0.5, 0.6) is 0 Å². The van der Waals surface area contributed by atoms with Crippen molar-refractivity contribution in [2.45, 2.75) is 12.3 Å². The summed E-state index contributed by atoms with van der Waals surface area (Å²) >= 11 is 0. The SMILES string of the molecule is O=C(Nc1ccc([N+](=O)[O-])cn1)[C@H]1C[C@@H]1c1ccccc1. The van der Waals surface area contributed by atoms with Crippen molar-refractivity contribution in [2.75, 3.05) is 5.32 Å². The first-order valence-corrected chi connectivity index (χ1v) is 6.61. The van der Waals surface area contributed by atoms with Crippen LogP contribution in [0.4, 0.5) is 11.5 Å². The fourth-order valence-corrected chi connectivity index (χ4v) is 2.34. The van der Waals surface area contributed by atoms with E-state index in [1.165, 1.54) is 12.1 Å². The van der Waals surface area contributed by atoms with Gasteiger partial charge in [-0.05, 0) is 24.0 Å². The first-order chi connectivity index (χ1) is 10.1. The zero-order valence-corrected chi connectivity index (χ0v) is 11.1. The molecule has 0 aliphatic heterocycles. The molecule has 1 saturated carbocycles. The van der Waals surface area contributed by atoms with Gasteiger partial charge in [-0.2, -0.15) is 0 Å². The maximum absolute atomic E-state index is 12.1. The number of aromatic nitrogens is 1. The average Bonchev–Trinajstić information content (AvgIpc) is 3.29. The van der Waals surface area contributed by atoms with Gasteiger partial charge < -0.3 is 5.32 Å². The Kier molecular flexibility index (Phi) is 3.35. The van der Waals surface area contributed by atoms with Gasteiger partial charge in [-0.3, -0.25) is 14.9 Å². The van der Waals surface area contributed by atoms with Gasteiger partial charge in [0.2, 0.25) is 5.91 Å². The summed E-state index contributed by atoms with van der Waals surface area (Å²) in [4.78, 5) is 26.0. The number of nitrogens with one attached hydrogen (secondary N) is 1. The van der Waals surface area contributed by atoms with E-state index in [0.717, 1.165) is 18.2 Å². The Morgan fingerprint density at radius 1 is 1.24 bits per heavy atom. The lowest BCUT2D eigenvalue weighted by Crippen LogP contribution is -2.15. The lowest BCUT2D eigenvalue weighted by atomic mass is 10.1. The molecule has 1 N–H and O–H groups in total. The standard InChI is InChI=1S/C15H13N3O3/c19-15(13-8-12(13)10-4-2-1-3-5-10)17-14-7-6-11(9-16-14)18(20)21/h1-7,9,12-13H,8H2,(H,16,17,19)/t12-,13+/m1/s1. The summed E-state index contributed by atoms with van der Waals surface area (Å²) in [5.74, 6) is 0.447. The molecule has 2 aromatic rings. The summed E-state index contributed by atoms with van der Waals surface area (Å²) in [5, 5.41) is 13.2. The van der Waals surface area contributed by atoms with Crippen molar-refractivity contribution in [2.24, 2.45) is 5.92 Å². The van der Waals surface area contributed by atoms with Crippen LogP contribution in [-0.4, -0.2) is 15.8 Å². The van der Waals surface area contributed by atoms with Crippen LogP contribution in [0.3, 0.4) is 0 Å². The molecule has 1 heterocycles. The second-order valence-electron chi connectivity index (χ2n) is 5.01. The number of rotatable bonds is 4. The second kappa shape index (κ2) is 5.32. The van der Waals surface area contributed by atoms with Gasteiger partial charge in [0.05, 0.1) is 4.92 Å². The number of carbonyl (C=O) groups is 1. The van der Waals surface area contributed by atoms with Gasteiger partial charge in [-0.25, -0.2) is 4.98 Å². The van der Waals surface area contributed by atoms with Crippen LogP contribution in [-0.2, 0) is 4.79 Å². The third-order valence-corrected chi connectivity index (χ3v) is 3.56. The van der Waals surface area contributed by atoms with E-state index < -0.39 is 4.92 Å². The van der Waals surface area contributed by atoms with Crippen LogP contribution in [0.1, 0.15) is 17.9 Å². The first kappa shape index (κ1) is 13.2. The Morgan fingerprint density at radius 2 is 2.00 bits per heavy atom. The van der Waals surface area contributed by atoms with E-state index in [4.69, 9.17) is 0 Å². The van der Waals surface area contributed by atoms with Crippen LogP contribution < -0.4 is 5.32 Å². The van der Waals surface area contributed by atoms with Gasteiger partial charge in [0, 0.05) is 12.0 Å². The minimum absolute atomic E-state index is 0.0515. The maximum atomic E-state index is 12.1. The van der Waals surface area contributed by atoms with Gasteiger partial charge in [0.1, 0.15) is 12.0 Å². The Hall–Kier alpha value is -2.76. The minimum atomic E-state index is -0.523. The van der Waals surface area contributed by atoms with Gasteiger partial charge in [-0.15, -0.1) is 0 Å². The molecule has 1 aromatic heterocycles. The first-order valence-electron chi connectivity index (χ1n) is 6.61. The number of amides is 1. The molecule has 3 rings (SSSR count). The predicted molar refractivity (Wildman–Crippen MR) is 76.8 cm³/mol. The van der Waals surface area contributed by atoms with Crippen molar-refractivity contribution in [3.8, 4) is 0 Å². The lowest BCUT2D eigenvalue weighted by Gasteiger charge is -2.04. The molecule has 0 bridgehead atoms. The largest absolute Gasteiger partial charge is 0.310 e. The normalized spacial score (nSPS) is 19.8. The van der Waals surface area contributed by atoms with E-state index in [1.54, 1.807) is 0 Å². The van der Waals surface area contributed by atoms with Gasteiger partial charge in [0.15, 0.2) is 0 Å². The van der Waals surface area contributed by atoms with E-state index in [9.17, 15) is 14.9 Å². The van der Waals surface area contributed by atoms with E-state index in [0.29, 0.717) is 5.82 Å². The predicted octanol–water partition coefficient (Wildman–Crippen LogP) is 2.73. The average molecular weight is 283 g/mol. The number of hydrogen-bond acceptors (Lipinski definition) is 4. The van der Waals surface area contributed by atoms with Gasteiger partial charge in [0.25, 0.3) is 5.69 Å². The number of nitro groups is 1. The number of anilines is 1. The molecule has 106 valence electrons. The van der Waals surface area contributed by atoms with Gasteiger partial charge in [-0.1, -0.05) is 30.3 Å². The fourth-order valence-electron chi connectivity index (χ4n) is 2.34. The minimum Gasteiger partial charge on any atom is -0.310 e.